The molecule has 29 heavy (non-hydrogen) atoms. The van der Waals surface area contributed by atoms with Gasteiger partial charge < -0.3 is 10.2 Å². The molecule has 1 aliphatic rings. The van der Waals surface area contributed by atoms with Crippen molar-refractivity contribution in [2.24, 2.45) is 5.92 Å². The number of carbonyl (C=O) groups is 2. The molecule has 148 valence electrons. The number of halogens is 1. The van der Waals surface area contributed by atoms with Gasteiger partial charge in [-0.3, -0.25) is 9.59 Å². The molecule has 1 saturated heterocycles. The van der Waals surface area contributed by atoms with E-state index in [9.17, 15) is 14.0 Å². The van der Waals surface area contributed by atoms with E-state index in [0.717, 1.165) is 35.7 Å². The first kappa shape index (κ1) is 19.2. The maximum atomic E-state index is 13.4. The van der Waals surface area contributed by atoms with Crippen molar-refractivity contribution in [2.75, 3.05) is 18.4 Å². The fourth-order valence-electron chi connectivity index (χ4n) is 3.45. The fourth-order valence-corrected chi connectivity index (χ4v) is 3.86. The normalized spacial score (nSPS) is 16.4. The van der Waals surface area contributed by atoms with Gasteiger partial charge in [0.05, 0.1) is 23.8 Å². The fraction of sp³-hybridized carbons (Fsp3) is 0.238. The molecule has 1 fully saturated rings. The molecule has 2 aromatic carbocycles. The van der Waals surface area contributed by atoms with Gasteiger partial charge in [-0.25, -0.2) is 4.39 Å². The van der Waals surface area contributed by atoms with Crippen molar-refractivity contribution in [3.8, 4) is 11.1 Å². The van der Waals surface area contributed by atoms with Crippen LogP contribution in [0.1, 0.15) is 23.3 Å². The number of rotatable bonds is 4. The Kier molecular flexibility index (Phi) is 5.62. The Bertz CT molecular complexity index is 1010. The highest BCUT2D eigenvalue weighted by Gasteiger charge is 2.29. The second-order valence-electron chi connectivity index (χ2n) is 6.96. The molecule has 8 heteroatoms. The Morgan fingerprint density at radius 2 is 1.97 bits per heavy atom. The summed E-state index contributed by atoms with van der Waals surface area (Å²) in [6, 6.07) is 13.7. The minimum absolute atomic E-state index is 0.114. The molecule has 0 unspecified atom stereocenters. The highest BCUT2D eigenvalue weighted by atomic mass is 32.1. The number of benzene rings is 2. The van der Waals surface area contributed by atoms with E-state index in [0.29, 0.717) is 24.5 Å². The molecular weight excluding hydrogens is 391 g/mol. The first-order chi connectivity index (χ1) is 14.1. The number of nitrogens with zero attached hydrogens (tertiary/aromatic N) is 3. The van der Waals surface area contributed by atoms with E-state index in [1.165, 1.54) is 18.3 Å². The number of anilines is 1. The quantitative estimate of drug-likeness (QED) is 0.709. The third-order valence-electron chi connectivity index (χ3n) is 4.97. The molecule has 6 nitrogen and oxygen atoms in total. The lowest BCUT2D eigenvalue weighted by Crippen LogP contribution is -2.43. The van der Waals surface area contributed by atoms with Crippen LogP contribution in [0.5, 0.6) is 0 Å². The first-order valence-corrected chi connectivity index (χ1v) is 10.1. The molecule has 0 radical (unpaired) electrons. The second-order valence-corrected chi connectivity index (χ2v) is 7.52. The number of hydrogen-bond acceptors (Lipinski definition) is 5. The Morgan fingerprint density at radius 3 is 2.69 bits per heavy atom. The lowest BCUT2D eigenvalue weighted by molar-refractivity contribution is -0.121. The summed E-state index contributed by atoms with van der Waals surface area (Å²) in [7, 11) is 0. The van der Waals surface area contributed by atoms with Gasteiger partial charge in [0.15, 0.2) is 5.69 Å². The van der Waals surface area contributed by atoms with Crippen LogP contribution in [0.15, 0.2) is 54.7 Å². The van der Waals surface area contributed by atoms with E-state index in [4.69, 9.17) is 0 Å². The summed E-state index contributed by atoms with van der Waals surface area (Å²) in [6.45, 7) is 0.978. The van der Waals surface area contributed by atoms with Crippen LogP contribution in [0.4, 0.5) is 10.1 Å². The molecule has 2 amide bonds. The topological polar surface area (TPSA) is 75.2 Å². The summed E-state index contributed by atoms with van der Waals surface area (Å²) < 4.78 is 21.2. The van der Waals surface area contributed by atoms with E-state index in [1.54, 1.807) is 23.1 Å². The number of aromatic nitrogens is 2. The maximum Gasteiger partial charge on any atom is 0.275 e. The molecule has 1 aromatic heterocycles. The largest absolute Gasteiger partial charge is 0.336 e. The molecule has 0 aliphatic carbocycles. The van der Waals surface area contributed by atoms with E-state index < -0.39 is 0 Å². The van der Waals surface area contributed by atoms with Crippen molar-refractivity contribution < 1.29 is 14.0 Å². The monoisotopic (exact) mass is 410 g/mol. The Hall–Kier alpha value is -3.13. The first-order valence-electron chi connectivity index (χ1n) is 9.34. The van der Waals surface area contributed by atoms with Crippen molar-refractivity contribution >= 4 is 29.2 Å². The summed E-state index contributed by atoms with van der Waals surface area (Å²) in [4.78, 5) is 26.8. The van der Waals surface area contributed by atoms with Crippen LogP contribution in [0.25, 0.3) is 11.1 Å². The number of hydrogen-bond donors (Lipinski definition) is 1. The summed E-state index contributed by atoms with van der Waals surface area (Å²) >= 11 is 0.993. The van der Waals surface area contributed by atoms with Gasteiger partial charge in [-0.05, 0) is 48.2 Å². The number of amides is 2. The Labute approximate surface area is 171 Å². The molecule has 1 N–H and O–H groups in total. The lowest BCUT2D eigenvalue weighted by atomic mass is 9.96. The van der Waals surface area contributed by atoms with Crippen LogP contribution in [0, 0.1) is 11.7 Å². The van der Waals surface area contributed by atoms with Crippen LogP contribution < -0.4 is 5.32 Å². The smallest absolute Gasteiger partial charge is 0.275 e. The minimum Gasteiger partial charge on any atom is -0.336 e. The molecule has 0 spiro atoms. The van der Waals surface area contributed by atoms with E-state index >= 15 is 0 Å². The number of carbonyl (C=O) groups excluding carboxylic acids is 2. The Balaban J connectivity index is 1.39. The predicted octanol–water partition coefficient (Wildman–Crippen LogP) is 3.84. The van der Waals surface area contributed by atoms with E-state index in [1.807, 2.05) is 18.2 Å². The molecule has 0 bridgehead atoms. The van der Waals surface area contributed by atoms with Gasteiger partial charge in [-0.15, -0.1) is 0 Å². The number of piperidine rings is 1. The summed E-state index contributed by atoms with van der Waals surface area (Å²) in [5.74, 6) is -0.861. The van der Waals surface area contributed by atoms with Crippen molar-refractivity contribution in [1.82, 2.24) is 13.6 Å². The van der Waals surface area contributed by atoms with Gasteiger partial charge in [0.2, 0.25) is 5.91 Å². The van der Waals surface area contributed by atoms with Crippen LogP contribution in [0.2, 0.25) is 0 Å². The third-order valence-corrected chi connectivity index (χ3v) is 5.45. The Morgan fingerprint density at radius 1 is 1.14 bits per heavy atom. The number of likely N-dealkylation sites (tertiary alicyclic amines) is 1. The zero-order valence-electron chi connectivity index (χ0n) is 15.5. The third kappa shape index (κ3) is 4.48. The highest BCUT2D eigenvalue weighted by molar-refractivity contribution is 6.99. The summed E-state index contributed by atoms with van der Waals surface area (Å²) in [6.07, 6.45) is 2.95. The summed E-state index contributed by atoms with van der Waals surface area (Å²) in [5, 5.41) is 2.92. The molecule has 0 saturated carbocycles. The average molecular weight is 410 g/mol. The second kappa shape index (κ2) is 8.48. The van der Waals surface area contributed by atoms with Crippen LogP contribution in [0.3, 0.4) is 0 Å². The van der Waals surface area contributed by atoms with E-state index in [2.05, 4.69) is 14.1 Å². The van der Waals surface area contributed by atoms with Crippen LogP contribution in [-0.4, -0.2) is 38.6 Å². The SMILES string of the molecule is O=C(Nc1ccc(-c2cccc(F)c2)cc1)[C@@H]1CCCN(C(=O)c2cnsn2)C1. The molecular formula is C21H19FN4O2S. The highest BCUT2D eigenvalue weighted by Crippen LogP contribution is 2.24. The molecule has 2 heterocycles. The molecule has 3 aromatic rings. The van der Waals surface area contributed by atoms with Gasteiger partial charge in [-0.2, -0.15) is 8.75 Å². The minimum atomic E-state index is -0.287. The molecule has 1 aliphatic heterocycles. The van der Waals surface area contributed by atoms with Crippen molar-refractivity contribution in [3.63, 3.8) is 0 Å². The predicted molar refractivity (Wildman–Crippen MR) is 109 cm³/mol. The molecule has 1 atom stereocenters. The summed E-state index contributed by atoms with van der Waals surface area (Å²) in [5.41, 5.74) is 2.64. The number of nitrogens with one attached hydrogen (secondary N) is 1. The molecule has 4 rings (SSSR count). The van der Waals surface area contributed by atoms with Gasteiger partial charge in [0.25, 0.3) is 5.91 Å². The standard InChI is InChI=1S/C21H19FN4O2S/c22-17-5-1-3-15(11-17)14-6-8-18(9-7-14)24-20(27)16-4-2-10-26(13-16)21(28)19-12-23-29-25-19/h1,3,5-9,11-12,16H,2,4,10,13H2,(H,24,27)/t16-/m1/s1. The zero-order chi connectivity index (χ0) is 20.2. The van der Waals surface area contributed by atoms with Gasteiger partial charge in [-0.1, -0.05) is 24.3 Å². The van der Waals surface area contributed by atoms with Crippen molar-refractivity contribution in [3.05, 3.63) is 66.2 Å². The van der Waals surface area contributed by atoms with Crippen molar-refractivity contribution in [1.29, 1.82) is 0 Å². The van der Waals surface area contributed by atoms with Crippen LogP contribution in [-0.2, 0) is 4.79 Å². The van der Waals surface area contributed by atoms with Gasteiger partial charge in [0, 0.05) is 18.8 Å². The van der Waals surface area contributed by atoms with Gasteiger partial charge in [0.1, 0.15) is 5.82 Å². The zero-order valence-corrected chi connectivity index (χ0v) is 16.4. The lowest BCUT2D eigenvalue weighted by Gasteiger charge is -2.31. The van der Waals surface area contributed by atoms with E-state index in [-0.39, 0.29) is 23.5 Å². The van der Waals surface area contributed by atoms with Crippen molar-refractivity contribution in [2.45, 2.75) is 12.8 Å². The van der Waals surface area contributed by atoms with Gasteiger partial charge >= 0.3 is 0 Å². The average Bonchev–Trinajstić information content (AvgIpc) is 3.29. The van der Waals surface area contributed by atoms with Crippen LogP contribution >= 0.6 is 11.7 Å². The maximum absolute atomic E-state index is 13.4.